The second kappa shape index (κ2) is 10.5. The van der Waals surface area contributed by atoms with Crippen LogP contribution in [0.2, 0.25) is 0 Å². The lowest BCUT2D eigenvalue weighted by Gasteiger charge is -2.31. The number of rotatable bonds is 7. The molecule has 2 aromatic rings. The molecule has 0 saturated carbocycles. The normalized spacial score (nSPS) is 17.4. The fourth-order valence-electron chi connectivity index (χ4n) is 4.33. The minimum Gasteiger partial charge on any atom is -0.379 e. The van der Waals surface area contributed by atoms with Crippen LogP contribution in [-0.4, -0.2) is 62.9 Å². The van der Waals surface area contributed by atoms with Crippen molar-refractivity contribution in [2.45, 2.75) is 30.6 Å². The Hall–Kier alpha value is -3.02. The van der Waals surface area contributed by atoms with Gasteiger partial charge in [-0.2, -0.15) is 4.31 Å². The molecule has 0 spiro atoms. The van der Waals surface area contributed by atoms with Crippen molar-refractivity contribution >= 4 is 33.0 Å². The van der Waals surface area contributed by atoms with Crippen LogP contribution in [0.15, 0.2) is 47.4 Å². The van der Waals surface area contributed by atoms with Crippen molar-refractivity contribution in [3.05, 3.63) is 58.1 Å². The number of amides is 1. The third-order valence-electron chi connectivity index (χ3n) is 6.09. The number of carbonyl (C=O) groups is 1. The van der Waals surface area contributed by atoms with Crippen molar-refractivity contribution in [2.24, 2.45) is 0 Å². The van der Waals surface area contributed by atoms with Gasteiger partial charge in [0.1, 0.15) is 0 Å². The highest BCUT2D eigenvalue weighted by molar-refractivity contribution is 7.89. The van der Waals surface area contributed by atoms with E-state index in [4.69, 9.17) is 4.74 Å². The molecule has 0 aliphatic carbocycles. The molecule has 4 rings (SSSR count). The number of nitro groups is 1. The molecule has 1 amide bonds. The number of para-hydroxylation sites is 1. The van der Waals surface area contributed by atoms with Gasteiger partial charge in [-0.15, -0.1) is 0 Å². The maximum Gasteiger partial charge on any atom is 0.273 e. The lowest BCUT2D eigenvalue weighted by molar-refractivity contribution is -0.385. The maximum absolute atomic E-state index is 13.2. The molecule has 0 unspecified atom stereocenters. The van der Waals surface area contributed by atoms with Crippen LogP contribution < -0.4 is 10.2 Å². The first kappa shape index (κ1) is 24.1. The Morgan fingerprint density at radius 2 is 1.74 bits per heavy atom. The van der Waals surface area contributed by atoms with E-state index in [0.29, 0.717) is 24.5 Å². The van der Waals surface area contributed by atoms with Crippen LogP contribution in [0, 0.1) is 10.1 Å². The molecule has 2 heterocycles. The van der Waals surface area contributed by atoms with Gasteiger partial charge in [0.25, 0.3) is 5.69 Å². The predicted molar refractivity (Wildman–Crippen MR) is 128 cm³/mol. The van der Waals surface area contributed by atoms with E-state index in [9.17, 15) is 23.3 Å². The zero-order chi connectivity index (χ0) is 24.1. The third kappa shape index (κ3) is 5.37. The number of anilines is 2. The summed E-state index contributed by atoms with van der Waals surface area (Å²) >= 11 is 0. The first-order valence-electron chi connectivity index (χ1n) is 11.4. The van der Waals surface area contributed by atoms with Gasteiger partial charge in [-0.05, 0) is 37.5 Å². The van der Waals surface area contributed by atoms with Gasteiger partial charge in [-0.25, -0.2) is 8.42 Å². The number of hydrogen-bond acceptors (Lipinski definition) is 7. The van der Waals surface area contributed by atoms with E-state index in [-0.39, 0.29) is 30.1 Å². The summed E-state index contributed by atoms with van der Waals surface area (Å²) in [5.41, 5.74) is 1.30. The monoisotopic (exact) mass is 488 g/mol. The van der Waals surface area contributed by atoms with E-state index in [1.165, 1.54) is 16.4 Å². The Morgan fingerprint density at radius 1 is 1.03 bits per heavy atom. The summed E-state index contributed by atoms with van der Waals surface area (Å²) < 4.78 is 33.0. The quantitative estimate of drug-likeness (QED) is 0.470. The summed E-state index contributed by atoms with van der Waals surface area (Å²) in [6, 6.07) is 10.9. The Kier molecular flexibility index (Phi) is 7.44. The van der Waals surface area contributed by atoms with Crippen LogP contribution in [0.25, 0.3) is 0 Å². The lowest BCUT2D eigenvalue weighted by Crippen LogP contribution is -2.40. The summed E-state index contributed by atoms with van der Waals surface area (Å²) in [7, 11) is -3.75. The fraction of sp³-hybridized carbons (Fsp3) is 0.435. The summed E-state index contributed by atoms with van der Waals surface area (Å²) in [5, 5.41) is 14.1. The van der Waals surface area contributed by atoms with E-state index in [0.717, 1.165) is 38.0 Å². The standard InChI is InChI=1S/C23H28N4O6S/c28-23(16-18-6-2-3-7-21(18)27(29)30)24-20-17-19(34(31,32)26-12-14-33-15-13-26)8-9-22(20)25-10-4-1-5-11-25/h2-3,6-9,17H,1,4-5,10-16H2,(H,24,28). The first-order chi connectivity index (χ1) is 16.4. The number of sulfonamides is 1. The average Bonchev–Trinajstić information content (AvgIpc) is 2.85. The molecule has 2 aliphatic heterocycles. The number of nitrogens with zero attached hydrogens (tertiary/aromatic N) is 3. The van der Waals surface area contributed by atoms with Gasteiger partial charge >= 0.3 is 0 Å². The van der Waals surface area contributed by atoms with Gasteiger partial charge in [0.2, 0.25) is 15.9 Å². The van der Waals surface area contributed by atoms with Gasteiger partial charge in [0, 0.05) is 37.8 Å². The molecule has 2 saturated heterocycles. The van der Waals surface area contributed by atoms with E-state index in [1.54, 1.807) is 30.3 Å². The Balaban J connectivity index is 1.63. The second-order valence-electron chi connectivity index (χ2n) is 8.35. The molecule has 0 aromatic heterocycles. The molecule has 0 radical (unpaired) electrons. The predicted octanol–water partition coefficient (Wildman–Crippen LogP) is 2.79. The second-order valence-corrected chi connectivity index (χ2v) is 10.3. The van der Waals surface area contributed by atoms with Crippen molar-refractivity contribution < 1.29 is 22.9 Å². The van der Waals surface area contributed by atoms with Crippen LogP contribution in [0.1, 0.15) is 24.8 Å². The van der Waals surface area contributed by atoms with E-state index >= 15 is 0 Å². The largest absolute Gasteiger partial charge is 0.379 e. The molecule has 2 aliphatic rings. The molecule has 182 valence electrons. The molecule has 0 atom stereocenters. The van der Waals surface area contributed by atoms with Crippen LogP contribution in [0.4, 0.5) is 17.1 Å². The molecule has 1 N–H and O–H groups in total. The molecular formula is C23H28N4O6S. The first-order valence-corrected chi connectivity index (χ1v) is 12.8. The Labute approximate surface area is 198 Å². The molecule has 11 heteroatoms. The molecule has 34 heavy (non-hydrogen) atoms. The molecule has 2 aromatic carbocycles. The minimum absolute atomic E-state index is 0.0937. The Bertz CT molecular complexity index is 1160. The van der Waals surface area contributed by atoms with Crippen molar-refractivity contribution in [2.75, 3.05) is 49.6 Å². The highest BCUT2D eigenvalue weighted by Gasteiger charge is 2.28. The van der Waals surface area contributed by atoms with Crippen molar-refractivity contribution in [3.63, 3.8) is 0 Å². The van der Waals surface area contributed by atoms with E-state index in [2.05, 4.69) is 10.2 Å². The fourth-order valence-corrected chi connectivity index (χ4v) is 5.76. The van der Waals surface area contributed by atoms with Crippen LogP contribution in [-0.2, 0) is 26.0 Å². The van der Waals surface area contributed by atoms with E-state index < -0.39 is 20.9 Å². The number of piperidine rings is 1. The van der Waals surface area contributed by atoms with Gasteiger partial charge in [0.05, 0.1) is 40.8 Å². The molecular weight excluding hydrogens is 460 g/mol. The average molecular weight is 489 g/mol. The molecule has 2 fully saturated rings. The Morgan fingerprint density at radius 3 is 2.44 bits per heavy atom. The lowest BCUT2D eigenvalue weighted by atomic mass is 10.1. The highest BCUT2D eigenvalue weighted by Crippen LogP contribution is 2.32. The van der Waals surface area contributed by atoms with Crippen LogP contribution >= 0.6 is 0 Å². The zero-order valence-electron chi connectivity index (χ0n) is 18.8. The summed E-state index contributed by atoms with van der Waals surface area (Å²) in [6.07, 6.45) is 2.95. The summed E-state index contributed by atoms with van der Waals surface area (Å²) in [6.45, 7) is 2.84. The SMILES string of the molecule is O=C(Cc1ccccc1[N+](=O)[O-])Nc1cc(S(=O)(=O)N2CCOCC2)ccc1N1CCCCC1. The summed E-state index contributed by atoms with van der Waals surface area (Å²) in [5.74, 6) is -0.450. The van der Waals surface area contributed by atoms with E-state index in [1.807, 2.05) is 0 Å². The maximum atomic E-state index is 13.2. The van der Waals surface area contributed by atoms with Crippen molar-refractivity contribution in [1.82, 2.24) is 4.31 Å². The number of benzene rings is 2. The third-order valence-corrected chi connectivity index (χ3v) is 7.98. The number of nitro benzene ring substituents is 1. The number of morpholine rings is 1. The number of ether oxygens (including phenoxy) is 1. The zero-order valence-corrected chi connectivity index (χ0v) is 19.6. The topological polar surface area (TPSA) is 122 Å². The van der Waals surface area contributed by atoms with Crippen molar-refractivity contribution in [1.29, 1.82) is 0 Å². The van der Waals surface area contributed by atoms with Crippen LogP contribution in [0.3, 0.4) is 0 Å². The van der Waals surface area contributed by atoms with Gasteiger partial charge in [-0.3, -0.25) is 14.9 Å². The smallest absolute Gasteiger partial charge is 0.273 e. The summed E-state index contributed by atoms with van der Waals surface area (Å²) in [4.78, 5) is 26.0. The van der Waals surface area contributed by atoms with Gasteiger partial charge in [-0.1, -0.05) is 18.2 Å². The number of carbonyl (C=O) groups excluding carboxylic acids is 1. The van der Waals surface area contributed by atoms with Gasteiger partial charge < -0.3 is 15.0 Å². The van der Waals surface area contributed by atoms with Crippen LogP contribution in [0.5, 0.6) is 0 Å². The molecule has 0 bridgehead atoms. The van der Waals surface area contributed by atoms with Crippen molar-refractivity contribution in [3.8, 4) is 0 Å². The minimum atomic E-state index is -3.75. The highest BCUT2D eigenvalue weighted by atomic mass is 32.2. The number of hydrogen-bond donors (Lipinski definition) is 1. The van der Waals surface area contributed by atoms with Gasteiger partial charge in [0.15, 0.2) is 0 Å². The number of nitrogens with one attached hydrogen (secondary N) is 1. The molecule has 10 nitrogen and oxygen atoms in total.